The van der Waals surface area contributed by atoms with Crippen molar-refractivity contribution in [3.8, 4) is 0 Å². The lowest BCUT2D eigenvalue weighted by atomic mass is 10.0. The zero-order chi connectivity index (χ0) is 12.4. The van der Waals surface area contributed by atoms with Gasteiger partial charge in [-0.1, -0.05) is 0 Å². The molecule has 1 fully saturated rings. The Morgan fingerprint density at radius 2 is 2.25 bits per heavy atom. The lowest BCUT2D eigenvalue weighted by Gasteiger charge is -2.23. The van der Waals surface area contributed by atoms with Gasteiger partial charge >= 0.3 is 5.97 Å². The fourth-order valence-corrected chi connectivity index (χ4v) is 1.88. The number of carbonyl (C=O) groups excluding carboxylic acids is 1. The highest BCUT2D eigenvalue weighted by Gasteiger charge is 2.41. The normalized spacial score (nSPS) is 27.4. The molecular weight excluding hydrogens is 232 g/mol. The average molecular weight is 251 g/mol. The smallest absolute Gasteiger partial charge is 0.326 e. The number of carbonyl (C=O) groups is 1. The summed E-state index contributed by atoms with van der Waals surface area (Å²) in [7, 11) is 0. The van der Waals surface area contributed by atoms with Crippen molar-refractivity contribution >= 4 is 17.6 Å². The highest BCUT2D eigenvalue weighted by atomic mass is 35.5. The number of alkyl halides is 1. The first-order valence-electron chi connectivity index (χ1n) is 5.45. The largest absolute Gasteiger partial charge is 0.465 e. The molecule has 0 aromatic heterocycles. The number of ether oxygens (including phenoxy) is 3. The summed E-state index contributed by atoms with van der Waals surface area (Å²) in [4.78, 5) is 10.5. The van der Waals surface area contributed by atoms with E-state index in [1.54, 1.807) is 13.8 Å². The first-order valence-corrected chi connectivity index (χ1v) is 5.82. The Morgan fingerprint density at radius 3 is 2.69 bits per heavy atom. The van der Waals surface area contributed by atoms with E-state index in [-0.39, 0.29) is 6.10 Å². The fourth-order valence-electron chi connectivity index (χ4n) is 1.66. The molecule has 0 radical (unpaired) electrons. The zero-order valence-corrected chi connectivity index (χ0v) is 11.0. The summed E-state index contributed by atoms with van der Waals surface area (Å²) in [5.41, 5.74) is 0. The van der Waals surface area contributed by atoms with Crippen LogP contribution in [0.15, 0.2) is 0 Å². The van der Waals surface area contributed by atoms with Crippen LogP contribution in [0.5, 0.6) is 0 Å². The van der Waals surface area contributed by atoms with Crippen LogP contribution in [0.25, 0.3) is 0 Å². The van der Waals surface area contributed by atoms with Crippen LogP contribution in [-0.2, 0) is 19.0 Å². The second kappa shape index (κ2) is 4.90. The first kappa shape index (κ1) is 13.7. The zero-order valence-electron chi connectivity index (χ0n) is 10.2. The Morgan fingerprint density at radius 1 is 1.62 bits per heavy atom. The van der Waals surface area contributed by atoms with E-state index in [0.717, 1.165) is 0 Å². The average Bonchev–Trinajstić information content (AvgIpc) is 2.45. The van der Waals surface area contributed by atoms with E-state index in [0.29, 0.717) is 19.6 Å². The Labute approximate surface area is 101 Å². The van der Waals surface area contributed by atoms with E-state index in [2.05, 4.69) is 0 Å². The van der Waals surface area contributed by atoms with Crippen LogP contribution in [0.2, 0.25) is 0 Å². The van der Waals surface area contributed by atoms with Gasteiger partial charge < -0.3 is 14.2 Å². The SMILES string of the molecule is CCOC(=O)C(C)(Cl)C[C@H]1COC(C)(C)O1. The summed E-state index contributed by atoms with van der Waals surface area (Å²) in [5, 5.41) is 0. The predicted octanol–water partition coefficient (Wildman–Crippen LogP) is 2.09. The lowest BCUT2D eigenvalue weighted by molar-refractivity contribution is -0.151. The molecule has 0 spiro atoms. The van der Waals surface area contributed by atoms with E-state index in [9.17, 15) is 4.79 Å². The highest BCUT2D eigenvalue weighted by molar-refractivity contribution is 6.33. The van der Waals surface area contributed by atoms with Gasteiger partial charge in [-0.2, -0.15) is 0 Å². The monoisotopic (exact) mass is 250 g/mol. The molecule has 94 valence electrons. The second-order valence-electron chi connectivity index (χ2n) is 4.57. The molecule has 0 bridgehead atoms. The van der Waals surface area contributed by atoms with Gasteiger partial charge in [0.05, 0.1) is 19.3 Å². The Bertz CT molecular complexity index is 263. The van der Waals surface area contributed by atoms with Gasteiger partial charge in [0.2, 0.25) is 0 Å². The standard InChI is InChI=1S/C11H19ClO4/c1-5-14-9(13)11(4,12)6-8-7-15-10(2,3)16-8/h8H,5-7H2,1-4H3/t8-,11?/m0/s1. The van der Waals surface area contributed by atoms with Crippen LogP contribution in [0.1, 0.15) is 34.1 Å². The summed E-state index contributed by atoms with van der Waals surface area (Å²) < 4.78 is 15.9. The molecule has 0 saturated carbocycles. The topological polar surface area (TPSA) is 44.8 Å². The molecule has 4 nitrogen and oxygen atoms in total. The van der Waals surface area contributed by atoms with Crippen LogP contribution in [0, 0.1) is 0 Å². The van der Waals surface area contributed by atoms with Gasteiger partial charge in [-0.15, -0.1) is 11.6 Å². The van der Waals surface area contributed by atoms with Crippen molar-refractivity contribution in [1.82, 2.24) is 0 Å². The van der Waals surface area contributed by atoms with Crippen molar-refractivity contribution in [3.05, 3.63) is 0 Å². The maximum Gasteiger partial charge on any atom is 0.326 e. The van der Waals surface area contributed by atoms with Crippen molar-refractivity contribution in [3.63, 3.8) is 0 Å². The van der Waals surface area contributed by atoms with Crippen molar-refractivity contribution in [1.29, 1.82) is 0 Å². The molecule has 0 aromatic carbocycles. The van der Waals surface area contributed by atoms with Crippen LogP contribution < -0.4 is 0 Å². The lowest BCUT2D eigenvalue weighted by Crippen LogP contribution is -2.36. The van der Waals surface area contributed by atoms with Crippen LogP contribution in [0.3, 0.4) is 0 Å². The Hall–Kier alpha value is -0.320. The minimum Gasteiger partial charge on any atom is -0.465 e. The summed E-state index contributed by atoms with van der Waals surface area (Å²) in [6.07, 6.45) is 0.221. The van der Waals surface area contributed by atoms with E-state index in [1.807, 2.05) is 13.8 Å². The third-order valence-electron chi connectivity index (χ3n) is 2.38. The molecule has 0 aromatic rings. The van der Waals surface area contributed by atoms with Gasteiger partial charge in [0.25, 0.3) is 0 Å². The number of hydrogen-bond donors (Lipinski definition) is 0. The molecule has 1 saturated heterocycles. The van der Waals surface area contributed by atoms with Crippen LogP contribution >= 0.6 is 11.6 Å². The third kappa shape index (κ3) is 3.61. The summed E-state index contributed by atoms with van der Waals surface area (Å²) in [5.74, 6) is -1.00. The molecule has 1 unspecified atom stereocenters. The maximum atomic E-state index is 11.6. The van der Waals surface area contributed by atoms with Gasteiger partial charge in [-0.3, -0.25) is 4.79 Å². The molecule has 1 aliphatic rings. The number of halogens is 1. The highest BCUT2D eigenvalue weighted by Crippen LogP contribution is 2.31. The van der Waals surface area contributed by atoms with Gasteiger partial charge in [-0.05, 0) is 27.7 Å². The second-order valence-corrected chi connectivity index (χ2v) is 5.41. The first-order chi connectivity index (χ1) is 7.27. The molecule has 0 amide bonds. The molecule has 16 heavy (non-hydrogen) atoms. The minimum absolute atomic E-state index is 0.165. The van der Waals surface area contributed by atoms with Crippen molar-refractivity contribution in [2.75, 3.05) is 13.2 Å². The predicted molar refractivity (Wildman–Crippen MR) is 60.4 cm³/mol. The van der Waals surface area contributed by atoms with E-state index >= 15 is 0 Å². The molecule has 5 heteroatoms. The summed E-state index contributed by atoms with van der Waals surface area (Å²) in [6.45, 7) is 7.85. The Balaban J connectivity index is 2.50. The summed E-state index contributed by atoms with van der Waals surface area (Å²) in [6, 6.07) is 0. The van der Waals surface area contributed by atoms with Crippen molar-refractivity contribution in [2.45, 2.75) is 50.9 Å². The quantitative estimate of drug-likeness (QED) is 0.566. The Kier molecular flexibility index (Phi) is 4.21. The fraction of sp³-hybridized carbons (Fsp3) is 0.909. The van der Waals surface area contributed by atoms with Crippen LogP contribution in [-0.4, -0.2) is 35.9 Å². The van der Waals surface area contributed by atoms with Crippen molar-refractivity contribution < 1.29 is 19.0 Å². The molecular formula is C11H19ClO4. The van der Waals surface area contributed by atoms with E-state index < -0.39 is 16.6 Å². The van der Waals surface area contributed by atoms with Gasteiger partial charge in [0, 0.05) is 6.42 Å². The molecule has 0 aliphatic carbocycles. The molecule has 1 aliphatic heterocycles. The van der Waals surface area contributed by atoms with Crippen LogP contribution in [0.4, 0.5) is 0 Å². The van der Waals surface area contributed by atoms with Gasteiger partial charge in [-0.25, -0.2) is 0 Å². The molecule has 1 rings (SSSR count). The number of esters is 1. The third-order valence-corrected chi connectivity index (χ3v) is 2.69. The minimum atomic E-state index is -1.05. The number of rotatable bonds is 4. The number of hydrogen-bond acceptors (Lipinski definition) is 4. The van der Waals surface area contributed by atoms with Gasteiger partial charge in [0.15, 0.2) is 5.79 Å². The molecule has 1 heterocycles. The van der Waals surface area contributed by atoms with E-state index in [4.69, 9.17) is 25.8 Å². The molecule has 0 N–H and O–H groups in total. The van der Waals surface area contributed by atoms with Crippen molar-refractivity contribution in [2.24, 2.45) is 0 Å². The molecule has 2 atom stereocenters. The van der Waals surface area contributed by atoms with Gasteiger partial charge in [0.1, 0.15) is 4.87 Å². The maximum absolute atomic E-state index is 11.6. The summed E-state index contributed by atoms with van der Waals surface area (Å²) >= 11 is 6.13. The van der Waals surface area contributed by atoms with E-state index in [1.165, 1.54) is 0 Å².